The van der Waals surface area contributed by atoms with Crippen LogP contribution >= 0.6 is 11.3 Å². The predicted molar refractivity (Wildman–Crippen MR) is 76.9 cm³/mol. The zero-order valence-electron chi connectivity index (χ0n) is 11.7. The molecular formula is C14H21NO3S. The Morgan fingerprint density at radius 2 is 1.79 bits per heavy atom. The van der Waals surface area contributed by atoms with Crippen LogP contribution < -0.4 is 0 Å². The van der Waals surface area contributed by atoms with Crippen LogP contribution in [0.4, 0.5) is 0 Å². The summed E-state index contributed by atoms with van der Waals surface area (Å²) >= 11 is 1.04. The van der Waals surface area contributed by atoms with E-state index >= 15 is 0 Å². The number of carboxylic acid groups (broad SMARTS) is 1. The number of nitrogens with zero attached hydrogens (tertiary/aromatic N) is 1. The van der Waals surface area contributed by atoms with Crippen molar-refractivity contribution in [3.63, 3.8) is 0 Å². The molecule has 1 aromatic rings. The molecule has 0 aliphatic rings. The van der Waals surface area contributed by atoms with Gasteiger partial charge >= 0.3 is 5.97 Å². The van der Waals surface area contributed by atoms with Crippen LogP contribution in [0.2, 0.25) is 0 Å². The van der Waals surface area contributed by atoms with Gasteiger partial charge in [0.2, 0.25) is 0 Å². The van der Waals surface area contributed by atoms with Crippen molar-refractivity contribution in [1.82, 2.24) is 4.90 Å². The quantitative estimate of drug-likeness (QED) is 0.835. The van der Waals surface area contributed by atoms with E-state index in [0.29, 0.717) is 17.3 Å². The molecule has 19 heavy (non-hydrogen) atoms. The van der Waals surface area contributed by atoms with Crippen molar-refractivity contribution in [3.8, 4) is 0 Å². The highest BCUT2D eigenvalue weighted by Crippen LogP contribution is 2.20. The molecule has 0 bridgehead atoms. The summed E-state index contributed by atoms with van der Waals surface area (Å²) in [7, 11) is 0. The highest BCUT2D eigenvalue weighted by Gasteiger charge is 2.20. The van der Waals surface area contributed by atoms with Crippen molar-refractivity contribution >= 4 is 23.2 Å². The van der Waals surface area contributed by atoms with Gasteiger partial charge in [0.05, 0.1) is 4.88 Å². The lowest BCUT2D eigenvalue weighted by Crippen LogP contribution is -2.34. The molecule has 1 rings (SSSR count). The average Bonchev–Trinajstić information content (AvgIpc) is 2.89. The maximum Gasteiger partial charge on any atom is 0.345 e. The fourth-order valence-corrected chi connectivity index (χ4v) is 2.75. The Hall–Kier alpha value is -1.36. The maximum atomic E-state index is 12.3. The van der Waals surface area contributed by atoms with E-state index in [1.54, 1.807) is 11.0 Å². The lowest BCUT2D eigenvalue weighted by molar-refractivity contribution is 0.0701. The summed E-state index contributed by atoms with van der Waals surface area (Å²) in [5.74, 6) is -0.540. The summed E-state index contributed by atoms with van der Waals surface area (Å²) in [6.45, 7) is 7.59. The highest BCUT2D eigenvalue weighted by molar-refractivity contribution is 7.15. The first kappa shape index (κ1) is 15.7. The molecule has 0 saturated heterocycles. The van der Waals surface area contributed by atoms with Gasteiger partial charge in [0.1, 0.15) is 4.88 Å². The molecule has 1 N–H and O–H groups in total. The first-order valence-corrected chi connectivity index (χ1v) is 7.47. The monoisotopic (exact) mass is 283 g/mol. The van der Waals surface area contributed by atoms with Crippen LogP contribution in [0.15, 0.2) is 12.1 Å². The van der Waals surface area contributed by atoms with Gasteiger partial charge in [-0.25, -0.2) is 4.79 Å². The first-order chi connectivity index (χ1) is 9.03. The SMILES string of the molecule is CCC(CC)CN(CC)C(=O)c1ccc(C(=O)O)s1. The van der Waals surface area contributed by atoms with Gasteiger partial charge in [0.15, 0.2) is 0 Å². The Balaban J connectivity index is 2.79. The minimum absolute atomic E-state index is 0.0631. The third-order valence-corrected chi connectivity index (χ3v) is 4.39. The number of thiophene rings is 1. The molecule has 1 amide bonds. The van der Waals surface area contributed by atoms with Crippen LogP contribution in [0.5, 0.6) is 0 Å². The van der Waals surface area contributed by atoms with E-state index in [-0.39, 0.29) is 10.8 Å². The van der Waals surface area contributed by atoms with Crippen molar-refractivity contribution in [1.29, 1.82) is 0 Å². The summed E-state index contributed by atoms with van der Waals surface area (Å²) in [5.41, 5.74) is 0. The molecular weight excluding hydrogens is 262 g/mol. The Morgan fingerprint density at radius 3 is 2.21 bits per heavy atom. The van der Waals surface area contributed by atoms with Crippen molar-refractivity contribution in [2.24, 2.45) is 5.92 Å². The van der Waals surface area contributed by atoms with E-state index in [1.807, 2.05) is 6.92 Å². The second kappa shape index (κ2) is 7.28. The zero-order valence-corrected chi connectivity index (χ0v) is 12.5. The fourth-order valence-electron chi connectivity index (χ4n) is 1.94. The zero-order chi connectivity index (χ0) is 14.4. The van der Waals surface area contributed by atoms with Crippen LogP contribution in [-0.2, 0) is 0 Å². The first-order valence-electron chi connectivity index (χ1n) is 6.65. The Kier molecular flexibility index (Phi) is 6.02. The van der Waals surface area contributed by atoms with Gasteiger partial charge in [-0.2, -0.15) is 0 Å². The molecule has 0 spiro atoms. The minimum atomic E-state index is -0.980. The van der Waals surface area contributed by atoms with E-state index in [9.17, 15) is 9.59 Å². The van der Waals surface area contributed by atoms with E-state index in [2.05, 4.69) is 13.8 Å². The smallest absolute Gasteiger partial charge is 0.345 e. The van der Waals surface area contributed by atoms with E-state index in [0.717, 1.165) is 30.7 Å². The number of aromatic carboxylic acids is 1. The van der Waals surface area contributed by atoms with Crippen molar-refractivity contribution in [2.45, 2.75) is 33.6 Å². The third-order valence-electron chi connectivity index (χ3n) is 3.33. The number of amides is 1. The Morgan fingerprint density at radius 1 is 1.21 bits per heavy atom. The van der Waals surface area contributed by atoms with Gasteiger partial charge < -0.3 is 10.0 Å². The number of hydrogen-bond donors (Lipinski definition) is 1. The van der Waals surface area contributed by atoms with Gasteiger partial charge in [-0.3, -0.25) is 4.79 Å². The number of hydrogen-bond acceptors (Lipinski definition) is 3. The summed E-state index contributed by atoms with van der Waals surface area (Å²) in [5, 5.41) is 8.88. The van der Waals surface area contributed by atoms with Gasteiger partial charge in [-0.1, -0.05) is 26.7 Å². The molecule has 0 saturated carbocycles. The molecule has 1 aromatic heterocycles. The molecule has 4 nitrogen and oxygen atoms in total. The van der Waals surface area contributed by atoms with Crippen LogP contribution in [0.25, 0.3) is 0 Å². The summed E-state index contributed by atoms with van der Waals surface area (Å²) in [6, 6.07) is 3.09. The van der Waals surface area contributed by atoms with E-state index in [4.69, 9.17) is 5.11 Å². The summed E-state index contributed by atoms with van der Waals surface area (Å²) < 4.78 is 0. The van der Waals surface area contributed by atoms with Crippen LogP contribution in [-0.4, -0.2) is 35.0 Å². The van der Waals surface area contributed by atoms with Gasteiger partial charge in [-0.05, 0) is 25.0 Å². The standard InChI is InChI=1S/C14H21NO3S/c1-4-10(5-2)9-15(6-3)13(16)11-7-8-12(19-11)14(17)18/h7-8,10H,4-6,9H2,1-3H3,(H,17,18). The fraction of sp³-hybridized carbons (Fsp3) is 0.571. The average molecular weight is 283 g/mol. The predicted octanol–water partition coefficient (Wildman–Crippen LogP) is 3.34. The van der Waals surface area contributed by atoms with E-state index in [1.165, 1.54) is 6.07 Å². The maximum absolute atomic E-state index is 12.3. The highest BCUT2D eigenvalue weighted by atomic mass is 32.1. The summed E-state index contributed by atoms with van der Waals surface area (Å²) in [6.07, 6.45) is 2.09. The van der Waals surface area contributed by atoms with Crippen LogP contribution in [0.1, 0.15) is 53.0 Å². The van der Waals surface area contributed by atoms with E-state index < -0.39 is 5.97 Å². The Bertz CT molecular complexity index is 438. The van der Waals surface area contributed by atoms with Gasteiger partial charge in [0, 0.05) is 13.1 Å². The van der Waals surface area contributed by atoms with Crippen LogP contribution in [0, 0.1) is 5.92 Å². The second-order valence-corrected chi connectivity index (χ2v) is 5.58. The molecule has 106 valence electrons. The molecule has 0 radical (unpaired) electrons. The molecule has 1 heterocycles. The lowest BCUT2D eigenvalue weighted by atomic mass is 10.0. The molecule has 0 aromatic carbocycles. The molecule has 0 atom stereocenters. The number of carboxylic acids is 1. The number of rotatable bonds is 7. The van der Waals surface area contributed by atoms with Crippen LogP contribution in [0.3, 0.4) is 0 Å². The van der Waals surface area contributed by atoms with Gasteiger partial charge in [-0.15, -0.1) is 11.3 Å². The lowest BCUT2D eigenvalue weighted by Gasteiger charge is -2.24. The normalized spacial score (nSPS) is 10.7. The molecule has 5 heteroatoms. The van der Waals surface area contributed by atoms with Crippen molar-refractivity contribution in [2.75, 3.05) is 13.1 Å². The largest absolute Gasteiger partial charge is 0.477 e. The minimum Gasteiger partial charge on any atom is -0.477 e. The van der Waals surface area contributed by atoms with Crippen molar-refractivity contribution < 1.29 is 14.7 Å². The molecule has 0 aliphatic carbocycles. The number of carbonyl (C=O) groups is 2. The Labute approximate surface area is 118 Å². The molecule has 0 aliphatic heterocycles. The summed E-state index contributed by atoms with van der Waals surface area (Å²) in [4.78, 5) is 25.7. The van der Waals surface area contributed by atoms with Crippen molar-refractivity contribution in [3.05, 3.63) is 21.9 Å². The topological polar surface area (TPSA) is 57.6 Å². The third kappa shape index (κ3) is 4.06. The second-order valence-electron chi connectivity index (χ2n) is 4.50. The molecule has 0 fully saturated rings. The van der Waals surface area contributed by atoms with Gasteiger partial charge in [0.25, 0.3) is 5.91 Å². The number of carbonyl (C=O) groups excluding carboxylic acids is 1. The molecule has 0 unspecified atom stereocenters.